The number of aliphatic hydroxyl groups excluding tert-OH is 1. The maximum absolute atomic E-state index is 10.3. The van der Waals surface area contributed by atoms with Crippen molar-refractivity contribution in [3.05, 3.63) is 34.9 Å². The summed E-state index contributed by atoms with van der Waals surface area (Å²) < 4.78 is 5.66. The number of piperidine rings is 1. The lowest BCUT2D eigenvalue weighted by molar-refractivity contribution is -0.913. The van der Waals surface area contributed by atoms with E-state index >= 15 is 0 Å². The summed E-state index contributed by atoms with van der Waals surface area (Å²) in [5, 5.41) is 11.0. The Morgan fingerprint density at radius 1 is 1.17 bits per heavy atom. The quantitative estimate of drug-likeness (QED) is 0.834. The van der Waals surface area contributed by atoms with Gasteiger partial charge in [-0.1, -0.05) is 42.6 Å². The molecule has 3 rings (SSSR count). The summed E-state index contributed by atoms with van der Waals surface area (Å²) in [4.78, 5) is 1.56. The van der Waals surface area contributed by atoms with Crippen molar-refractivity contribution in [3.8, 4) is 0 Å². The highest BCUT2D eigenvalue weighted by Gasteiger charge is 2.34. The van der Waals surface area contributed by atoms with Crippen molar-refractivity contribution in [2.24, 2.45) is 11.8 Å². The smallest absolute Gasteiger partial charge is 0.126 e. The fraction of sp³-hybridized carbons (Fsp3) is 0.684. The Bertz CT molecular complexity index is 496. The topological polar surface area (TPSA) is 33.9 Å². The first kappa shape index (κ1) is 17.2. The number of fused-ring (bicyclic) bond motifs is 1. The number of aliphatic hydroxyl groups is 1. The summed E-state index contributed by atoms with van der Waals surface area (Å²) >= 11 is 6.11. The van der Waals surface area contributed by atoms with Crippen molar-refractivity contribution < 1.29 is 14.7 Å². The minimum absolute atomic E-state index is 0.382. The summed E-state index contributed by atoms with van der Waals surface area (Å²) in [5.74, 6) is 1.85. The number of hydrogen-bond acceptors (Lipinski definition) is 2. The van der Waals surface area contributed by atoms with Gasteiger partial charge in [0.2, 0.25) is 0 Å². The van der Waals surface area contributed by atoms with Crippen LogP contribution in [-0.4, -0.2) is 37.5 Å². The molecule has 2 N–H and O–H groups in total. The minimum atomic E-state index is -0.382. The molecule has 1 aliphatic carbocycles. The number of rotatable bonds is 6. The first-order valence-electron chi connectivity index (χ1n) is 9.05. The lowest BCUT2D eigenvalue weighted by Gasteiger charge is -2.39. The lowest BCUT2D eigenvalue weighted by Crippen LogP contribution is -3.15. The Kier molecular flexibility index (Phi) is 6.35. The van der Waals surface area contributed by atoms with Gasteiger partial charge in [0.1, 0.15) is 12.6 Å². The number of halogens is 1. The van der Waals surface area contributed by atoms with Crippen LogP contribution in [0.1, 0.15) is 37.7 Å². The van der Waals surface area contributed by atoms with Gasteiger partial charge in [-0.05, 0) is 36.8 Å². The van der Waals surface area contributed by atoms with Crippen molar-refractivity contribution in [2.45, 2.75) is 44.8 Å². The van der Waals surface area contributed by atoms with Crippen molar-refractivity contribution in [2.75, 3.05) is 26.2 Å². The molecule has 128 valence electrons. The molecule has 0 radical (unpaired) electrons. The number of quaternary nitrogens is 1. The van der Waals surface area contributed by atoms with Crippen LogP contribution in [0.15, 0.2) is 24.3 Å². The van der Waals surface area contributed by atoms with Crippen LogP contribution in [0, 0.1) is 11.8 Å². The summed E-state index contributed by atoms with van der Waals surface area (Å²) in [7, 11) is 0. The van der Waals surface area contributed by atoms with Gasteiger partial charge in [0.15, 0.2) is 0 Å². The van der Waals surface area contributed by atoms with Crippen molar-refractivity contribution in [1.82, 2.24) is 0 Å². The molecule has 2 fully saturated rings. The van der Waals surface area contributed by atoms with Gasteiger partial charge in [0.25, 0.3) is 0 Å². The summed E-state index contributed by atoms with van der Waals surface area (Å²) in [6.45, 7) is 4.13. The molecule has 0 amide bonds. The Labute approximate surface area is 144 Å². The summed E-state index contributed by atoms with van der Waals surface area (Å²) in [6, 6.07) is 7.71. The maximum Gasteiger partial charge on any atom is 0.126 e. The van der Waals surface area contributed by atoms with Crippen LogP contribution in [0.25, 0.3) is 0 Å². The molecule has 1 unspecified atom stereocenters. The Morgan fingerprint density at radius 2 is 1.96 bits per heavy atom. The van der Waals surface area contributed by atoms with Crippen molar-refractivity contribution >= 4 is 11.6 Å². The second-order valence-corrected chi connectivity index (χ2v) is 7.67. The van der Waals surface area contributed by atoms with E-state index in [0.29, 0.717) is 13.2 Å². The van der Waals surface area contributed by atoms with Crippen molar-refractivity contribution in [1.29, 1.82) is 0 Å². The third-order valence-electron chi connectivity index (χ3n) is 5.54. The lowest BCUT2D eigenvalue weighted by atomic mass is 9.75. The molecule has 3 nitrogen and oxygen atoms in total. The van der Waals surface area contributed by atoms with E-state index in [9.17, 15) is 5.11 Å². The zero-order valence-corrected chi connectivity index (χ0v) is 14.6. The molecule has 4 heteroatoms. The van der Waals surface area contributed by atoms with Crippen LogP contribution >= 0.6 is 11.6 Å². The molecule has 1 aromatic carbocycles. The van der Waals surface area contributed by atoms with Gasteiger partial charge in [-0.15, -0.1) is 0 Å². The van der Waals surface area contributed by atoms with E-state index in [1.165, 1.54) is 45.2 Å². The molecule has 0 aromatic heterocycles. The van der Waals surface area contributed by atoms with E-state index in [4.69, 9.17) is 16.3 Å². The molecule has 2 aliphatic rings. The van der Waals surface area contributed by atoms with E-state index in [0.717, 1.165) is 29.0 Å². The van der Waals surface area contributed by atoms with Crippen LogP contribution in [-0.2, 0) is 11.3 Å². The second-order valence-electron chi connectivity index (χ2n) is 7.26. The third kappa shape index (κ3) is 4.93. The van der Waals surface area contributed by atoms with Crippen LogP contribution < -0.4 is 4.90 Å². The zero-order valence-electron chi connectivity index (χ0n) is 13.8. The predicted molar refractivity (Wildman–Crippen MR) is 92.7 cm³/mol. The van der Waals surface area contributed by atoms with Crippen LogP contribution in [0.5, 0.6) is 0 Å². The van der Waals surface area contributed by atoms with E-state index in [1.54, 1.807) is 4.90 Å². The average molecular weight is 339 g/mol. The molecule has 0 spiro atoms. The number of nitrogens with one attached hydrogen (secondary N) is 1. The van der Waals surface area contributed by atoms with Gasteiger partial charge in [0, 0.05) is 10.9 Å². The Morgan fingerprint density at radius 3 is 2.78 bits per heavy atom. The van der Waals surface area contributed by atoms with Crippen LogP contribution in [0.3, 0.4) is 0 Å². The first-order chi connectivity index (χ1) is 11.2. The molecule has 4 atom stereocenters. The largest absolute Gasteiger partial charge is 0.385 e. The van der Waals surface area contributed by atoms with E-state index in [1.807, 2.05) is 24.3 Å². The second kappa shape index (κ2) is 8.48. The number of ether oxygens (including phenoxy) is 1. The fourth-order valence-electron chi connectivity index (χ4n) is 4.29. The number of hydrogen-bond donors (Lipinski definition) is 2. The number of benzene rings is 1. The predicted octanol–water partition coefficient (Wildman–Crippen LogP) is 2.31. The fourth-order valence-corrected chi connectivity index (χ4v) is 4.48. The summed E-state index contributed by atoms with van der Waals surface area (Å²) in [6.07, 6.45) is 6.61. The molecule has 1 saturated heterocycles. The highest BCUT2D eigenvalue weighted by atomic mass is 35.5. The van der Waals surface area contributed by atoms with E-state index in [-0.39, 0.29) is 6.10 Å². The Balaban J connectivity index is 1.38. The monoisotopic (exact) mass is 338 g/mol. The van der Waals surface area contributed by atoms with Gasteiger partial charge in [-0.25, -0.2) is 0 Å². The normalized spacial score (nSPS) is 29.0. The SMILES string of the molecule is O[C@@H](COCc1ccccc1Cl)C[NH+]1CC[C@@H]2CCCC[C@@H]2C1. The van der Waals surface area contributed by atoms with Gasteiger partial charge in [-0.2, -0.15) is 0 Å². The highest BCUT2D eigenvalue weighted by molar-refractivity contribution is 6.31. The maximum atomic E-state index is 10.3. The standard InChI is InChI=1S/C19H28ClNO2/c20-19-8-4-3-7-17(19)13-23-14-18(22)12-21-10-9-15-5-1-2-6-16(15)11-21/h3-4,7-8,15-16,18,22H,1-2,5-6,9-14H2/p+1/t15-,16+,18+/m0/s1. The highest BCUT2D eigenvalue weighted by Crippen LogP contribution is 2.32. The van der Waals surface area contributed by atoms with E-state index in [2.05, 4.69) is 0 Å². The molecule has 1 heterocycles. The molecular formula is C19H29ClNO2+. The van der Waals surface area contributed by atoms with Crippen LogP contribution in [0.4, 0.5) is 0 Å². The molecule has 1 saturated carbocycles. The Hall–Kier alpha value is -0.610. The van der Waals surface area contributed by atoms with Gasteiger partial charge >= 0.3 is 0 Å². The summed E-state index contributed by atoms with van der Waals surface area (Å²) in [5.41, 5.74) is 0.983. The zero-order chi connectivity index (χ0) is 16.1. The molecule has 0 bridgehead atoms. The van der Waals surface area contributed by atoms with Gasteiger partial charge in [-0.3, -0.25) is 0 Å². The van der Waals surface area contributed by atoms with Crippen molar-refractivity contribution in [3.63, 3.8) is 0 Å². The molecule has 1 aliphatic heterocycles. The minimum Gasteiger partial charge on any atom is -0.385 e. The first-order valence-corrected chi connectivity index (χ1v) is 9.43. The molecular weight excluding hydrogens is 310 g/mol. The third-order valence-corrected chi connectivity index (χ3v) is 5.90. The van der Waals surface area contributed by atoms with E-state index < -0.39 is 0 Å². The van der Waals surface area contributed by atoms with Gasteiger partial charge in [0.05, 0.1) is 26.3 Å². The number of likely N-dealkylation sites (tertiary alicyclic amines) is 1. The van der Waals surface area contributed by atoms with Crippen LogP contribution in [0.2, 0.25) is 5.02 Å². The molecule has 1 aromatic rings. The van der Waals surface area contributed by atoms with Gasteiger partial charge < -0.3 is 14.7 Å². The average Bonchev–Trinajstić information content (AvgIpc) is 2.56. The molecule has 23 heavy (non-hydrogen) atoms.